The summed E-state index contributed by atoms with van der Waals surface area (Å²) in [6.07, 6.45) is 5.53. The summed E-state index contributed by atoms with van der Waals surface area (Å²) in [5.74, 6) is -0.912. The third-order valence-corrected chi connectivity index (χ3v) is 6.15. The fourth-order valence-electron chi connectivity index (χ4n) is 4.68. The van der Waals surface area contributed by atoms with E-state index in [1.807, 2.05) is 33.0 Å². The van der Waals surface area contributed by atoms with Crippen LogP contribution in [0, 0.1) is 12.7 Å². The zero-order chi connectivity index (χ0) is 26.5. The Kier molecular flexibility index (Phi) is 6.01. The molecule has 4 aromatic rings. The predicted molar refractivity (Wildman–Crippen MR) is 139 cm³/mol. The van der Waals surface area contributed by atoms with Gasteiger partial charge in [0.25, 0.3) is 5.91 Å². The number of nitrogens with zero attached hydrogens (tertiary/aromatic N) is 5. The summed E-state index contributed by atoms with van der Waals surface area (Å²) < 4.78 is 23.1. The number of carbonyl (C=O) groups excluding carboxylic acids is 2. The van der Waals surface area contributed by atoms with Crippen LogP contribution in [0.4, 0.5) is 20.6 Å². The Labute approximate surface area is 213 Å². The van der Waals surface area contributed by atoms with Gasteiger partial charge in [0, 0.05) is 55.9 Å². The lowest BCUT2D eigenvalue weighted by molar-refractivity contribution is 0.0509. The number of carbonyl (C=O) groups is 2. The number of amides is 2. The summed E-state index contributed by atoms with van der Waals surface area (Å²) in [5.41, 5.74) is 2.49. The molecule has 0 bridgehead atoms. The standard InChI is InChI=1S/C26H30FN7O3/c1-15-11-34-13-17(10-20(27)23(34)28-15)29-24(35)18-6-7-21(19-14-32(5)31-22(18)19)33-9-8-16(12-33)30-25(36)37-26(2,3)4/h6-7,10-11,13-14,16H,8-9,12H2,1-5H3,(H,29,35)(H,30,36)/t16-/m0/s1. The van der Waals surface area contributed by atoms with Crippen molar-refractivity contribution in [3.8, 4) is 0 Å². The maximum Gasteiger partial charge on any atom is 0.407 e. The first-order valence-electron chi connectivity index (χ1n) is 12.1. The maximum atomic E-state index is 14.5. The highest BCUT2D eigenvalue weighted by atomic mass is 19.1. The number of pyridine rings is 1. The van der Waals surface area contributed by atoms with E-state index in [0.717, 1.165) is 24.0 Å². The first-order chi connectivity index (χ1) is 17.5. The molecule has 2 N–H and O–H groups in total. The van der Waals surface area contributed by atoms with Crippen LogP contribution in [0.5, 0.6) is 0 Å². The number of aromatic nitrogens is 4. The van der Waals surface area contributed by atoms with Crippen molar-refractivity contribution in [1.29, 1.82) is 0 Å². The van der Waals surface area contributed by atoms with Gasteiger partial charge in [-0.1, -0.05) is 0 Å². The number of alkyl carbamates (subject to hydrolysis) is 1. The van der Waals surface area contributed by atoms with Gasteiger partial charge in [-0.3, -0.25) is 9.48 Å². The summed E-state index contributed by atoms with van der Waals surface area (Å²) in [5, 5.41) is 11.1. The van der Waals surface area contributed by atoms with Crippen LogP contribution in [0.3, 0.4) is 0 Å². The van der Waals surface area contributed by atoms with Gasteiger partial charge in [-0.15, -0.1) is 0 Å². The molecule has 10 nitrogen and oxygen atoms in total. The number of fused-ring (bicyclic) bond motifs is 2. The monoisotopic (exact) mass is 507 g/mol. The van der Waals surface area contributed by atoms with Gasteiger partial charge in [0.2, 0.25) is 0 Å². The normalized spacial score (nSPS) is 15.9. The van der Waals surface area contributed by atoms with Gasteiger partial charge in [0.05, 0.1) is 23.0 Å². The van der Waals surface area contributed by atoms with Gasteiger partial charge in [-0.05, 0) is 46.2 Å². The van der Waals surface area contributed by atoms with Crippen LogP contribution < -0.4 is 15.5 Å². The van der Waals surface area contributed by atoms with Crippen molar-refractivity contribution in [3.05, 3.63) is 53.9 Å². The van der Waals surface area contributed by atoms with E-state index in [2.05, 4.69) is 25.6 Å². The fourth-order valence-corrected chi connectivity index (χ4v) is 4.68. The van der Waals surface area contributed by atoms with E-state index in [4.69, 9.17) is 4.74 Å². The predicted octanol–water partition coefficient (Wildman–Crippen LogP) is 4.02. The van der Waals surface area contributed by atoms with Gasteiger partial charge >= 0.3 is 6.09 Å². The van der Waals surface area contributed by atoms with Gasteiger partial charge < -0.3 is 24.7 Å². The Morgan fingerprint density at radius 1 is 1.19 bits per heavy atom. The minimum atomic E-state index is -0.560. The molecule has 1 atom stereocenters. The van der Waals surface area contributed by atoms with Crippen LogP contribution in [-0.4, -0.2) is 55.9 Å². The molecule has 37 heavy (non-hydrogen) atoms. The molecule has 1 aromatic carbocycles. The van der Waals surface area contributed by atoms with Crippen molar-refractivity contribution < 1.29 is 18.7 Å². The second-order valence-electron chi connectivity index (χ2n) is 10.4. The lowest BCUT2D eigenvalue weighted by Crippen LogP contribution is -2.40. The molecule has 1 saturated heterocycles. The minimum absolute atomic E-state index is 0.0545. The molecule has 5 rings (SSSR count). The van der Waals surface area contributed by atoms with E-state index >= 15 is 0 Å². The Morgan fingerprint density at radius 2 is 1.97 bits per heavy atom. The summed E-state index contributed by atoms with van der Waals surface area (Å²) in [4.78, 5) is 31.7. The highest BCUT2D eigenvalue weighted by Gasteiger charge is 2.28. The minimum Gasteiger partial charge on any atom is -0.444 e. The number of anilines is 2. The molecule has 0 unspecified atom stereocenters. The van der Waals surface area contributed by atoms with Crippen molar-refractivity contribution in [2.45, 2.75) is 45.8 Å². The quantitative estimate of drug-likeness (QED) is 0.432. The molecular formula is C26H30FN7O3. The van der Waals surface area contributed by atoms with E-state index in [-0.39, 0.29) is 11.7 Å². The Morgan fingerprint density at radius 3 is 2.73 bits per heavy atom. The average Bonchev–Trinajstić information content (AvgIpc) is 3.49. The Balaban J connectivity index is 1.37. The second kappa shape index (κ2) is 9.06. The Bertz CT molecular complexity index is 1520. The van der Waals surface area contributed by atoms with Crippen LogP contribution in [0.1, 0.15) is 43.2 Å². The highest BCUT2D eigenvalue weighted by Crippen LogP contribution is 2.32. The molecule has 0 aliphatic carbocycles. The lowest BCUT2D eigenvalue weighted by atomic mass is 10.1. The zero-order valence-corrected chi connectivity index (χ0v) is 21.5. The first-order valence-corrected chi connectivity index (χ1v) is 12.1. The van der Waals surface area contributed by atoms with Crippen molar-refractivity contribution in [3.63, 3.8) is 0 Å². The van der Waals surface area contributed by atoms with Crippen LogP contribution >= 0.6 is 0 Å². The number of hydrogen-bond acceptors (Lipinski definition) is 6. The summed E-state index contributed by atoms with van der Waals surface area (Å²) in [7, 11) is 1.80. The number of benzene rings is 1. The van der Waals surface area contributed by atoms with Gasteiger partial charge in [-0.2, -0.15) is 5.10 Å². The SMILES string of the molecule is Cc1cn2cc(NC(=O)c3ccc(N4CC[C@H](NC(=O)OC(C)(C)C)C4)c4cn(C)nc34)cc(F)c2n1. The van der Waals surface area contributed by atoms with Crippen LogP contribution in [0.25, 0.3) is 16.6 Å². The van der Waals surface area contributed by atoms with E-state index in [1.54, 1.807) is 41.5 Å². The summed E-state index contributed by atoms with van der Waals surface area (Å²) in [6, 6.07) is 4.81. The largest absolute Gasteiger partial charge is 0.444 e. The highest BCUT2D eigenvalue weighted by molar-refractivity contribution is 6.13. The van der Waals surface area contributed by atoms with Gasteiger partial charge in [-0.25, -0.2) is 14.2 Å². The maximum absolute atomic E-state index is 14.5. The molecule has 2 amide bonds. The van der Waals surface area contributed by atoms with E-state index in [9.17, 15) is 14.0 Å². The van der Waals surface area contributed by atoms with Crippen molar-refractivity contribution in [2.75, 3.05) is 23.3 Å². The van der Waals surface area contributed by atoms with Crippen molar-refractivity contribution in [1.82, 2.24) is 24.5 Å². The molecule has 3 aromatic heterocycles. The van der Waals surface area contributed by atoms with Gasteiger partial charge in [0.1, 0.15) is 11.1 Å². The summed E-state index contributed by atoms with van der Waals surface area (Å²) in [6.45, 7) is 8.62. The molecular weight excluding hydrogens is 477 g/mol. The molecule has 0 radical (unpaired) electrons. The molecule has 0 saturated carbocycles. The lowest BCUT2D eigenvalue weighted by Gasteiger charge is -2.23. The number of halogens is 1. The molecule has 1 aliphatic heterocycles. The molecule has 1 aliphatic rings. The van der Waals surface area contributed by atoms with E-state index < -0.39 is 23.4 Å². The van der Waals surface area contributed by atoms with E-state index in [1.165, 1.54) is 6.07 Å². The smallest absolute Gasteiger partial charge is 0.407 e. The molecule has 1 fully saturated rings. The Hall–Kier alpha value is -4.15. The first kappa shape index (κ1) is 24.5. The van der Waals surface area contributed by atoms with Crippen LogP contribution in [0.2, 0.25) is 0 Å². The molecule has 11 heteroatoms. The average molecular weight is 508 g/mol. The topological polar surface area (TPSA) is 106 Å². The number of rotatable bonds is 4. The number of nitrogens with one attached hydrogen (secondary N) is 2. The van der Waals surface area contributed by atoms with Crippen molar-refractivity contribution >= 4 is 39.9 Å². The fraction of sp³-hybridized carbons (Fsp3) is 0.385. The third kappa shape index (κ3) is 5.07. The van der Waals surface area contributed by atoms with E-state index in [0.29, 0.717) is 29.0 Å². The molecule has 4 heterocycles. The number of hydrogen-bond donors (Lipinski definition) is 2. The van der Waals surface area contributed by atoms with Gasteiger partial charge in [0.15, 0.2) is 11.5 Å². The number of imidazole rings is 1. The zero-order valence-electron chi connectivity index (χ0n) is 21.5. The molecule has 0 spiro atoms. The third-order valence-electron chi connectivity index (χ3n) is 6.15. The number of aryl methyl sites for hydroxylation is 2. The van der Waals surface area contributed by atoms with Crippen LogP contribution in [-0.2, 0) is 11.8 Å². The van der Waals surface area contributed by atoms with Crippen molar-refractivity contribution in [2.24, 2.45) is 7.05 Å². The molecule has 194 valence electrons. The second-order valence-corrected chi connectivity index (χ2v) is 10.4. The van der Waals surface area contributed by atoms with Crippen LogP contribution in [0.15, 0.2) is 36.8 Å². The summed E-state index contributed by atoms with van der Waals surface area (Å²) >= 11 is 0. The number of ether oxygens (including phenoxy) is 1.